The van der Waals surface area contributed by atoms with Crippen molar-refractivity contribution in [3.8, 4) is 0 Å². The van der Waals surface area contributed by atoms with Gasteiger partial charge in [-0.25, -0.2) is 4.79 Å². The Hall–Kier alpha value is -2.49. The molecule has 0 aliphatic carbocycles. The lowest BCUT2D eigenvalue weighted by atomic mass is 9.98. The Morgan fingerprint density at radius 3 is 2.19 bits per heavy atom. The van der Waals surface area contributed by atoms with Crippen molar-refractivity contribution in [2.24, 2.45) is 0 Å². The minimum Gasteiger partial charge on any atom is -0.459 e. The summed E-state index contributed by atoms with van der Waals surface area (Å²) >= 11 is 0. The monoisotopic (exact) mass is 382 g/mol. The molecule has 0 spiro atoms. The second-order valence-corrected chi connectivity index (χ2v) is 5.88. The molecule has 0 amide bonds. The molecule has 0 unspecified atom stereocenters. The van der Waals surface area contributed by atoms with E-state index in [1.54, 1.807) is 30.3 Å². The zero-order valence-corrected chi connectivity index (χ0v) is 15.2. The minimum atomic E-state index is -1.41. The maximum absolute atomic E-state index is 12.1. The molecule has 2 rings (SSSR count). The molecule has 1 aliphatic heterocycles. The number of aliphatic hydroxyl groups is 1. The van der Waals surface area contributed by atoms with E-state index in [4.69, 9.17) is 23.7 Å². The number of esters is 3. The third-order valence-electron chi connectivity index (χ3n) is 3.84. The van der Waals surface area contributed by atoms with Crippen LogP contribution in [-0.2, 0) is 33.3 Å². The van der Waals surface area contributed by atoms with Crippen molar-refractivity contribution < 1.29 is 43.2 Å². The van der Waals surface area contributed by atoms with Gasteiger partial charge in [0.05, 0.1) is 5.56 Å². The highest BCUT2D eigenvalue weighted by molar-refractivity contribution is 5.89. The molecular weight excluding hydrogens is 360 g/mol. The summed E-state index contributed by atoms with van der Waals surface area (Å²) in [5, 5.41) is 10.5. The van der Waals surface area contributed by atoms with Crippen LogP contribution in [0.1, 0.15) is 24.2 Å². The van der Waals surface area contributed by atoms with Crippen LogP contribution in [0, 0.1) is 0 Å². The molecule has 0 saturated carbocycles. The van der Waals surface area contributed by atoms with Gasteiger partial charge >= 0.3 is 17.9 Å². The SMILES string of the molecule is CO[C@H]1O[C@H](COC(=O)c2ccccc2)[C@@H](O)[C@H](OC(C)=O)[C@@H]1OC(C)=O. The van der Waals surface area contributed by atoms with Crippen LogP contribution < -0.4 is 0 Å². The van der Waals surface area contributed by atoms with Crippen molar-refractivity contribution in [1.29, 1.82) is 0 Å². The standard InChI is InChI=1S/C18H22O9/c1-10(19)25-15-14(21)13(27-18(23-3)16(15)26-11(2)20)9-24-17(22)12-7-5-4-6-8-12/h4-8,13-16,18,21H,9H2,1-3H3/t13-,14-,15+,16+,18+/m1/s1. The molecule has 0 radical (unpaired) electrons. The number of benzene rings is 1. The molecule has 0 aromatic heterocycles. The smallest absolute Gasteiger partial charge is 0.338 e. The van der Waals surface area contributed by atoms with E-state index in [1.807, 2.05) is 0 Å². The van der Waals surface area contributed by atoms with E-state index < -0.39 is 48.6 Å². The Balaban J connectivity index is 2.11. The zero-order valence-electron chi connectivity index (χ0n) is 15.2. The lowest BCUT2D eigenvalue weighted by Gasteiger charge is -2.42. The molecule has 0 bridgehead atoms. The molecule has 1 aromatic rings. The molecule has 9 nitrogen and oxygen atoms in total. The number of ether oxygens (including phenoxy) is 5. The maximum atomic E-state index is 12.1. The lowest BCUT2D eigenvalue weighted by Crippen LogP contribution is -2.61. The van der Waals surface area contributed by atoms with Crippen molar-refractivity contribution in [3.05, 3.63) is 35.9 Å². The summed E-state index contributed by atoms with van der Waals surface area (Å²) in [6.07, 6.45) is -6.01. The van der Waals surface area contributed by atoms with Crippen LogP contribution in [-0.4, -0.2) is 67.4 Å². The third kappa shape index (κ3) is 5.49. The average molecular weight is 382 g/mol. The van der Waals surface area contributed by atoms with Gasteiger partial charge in [0.25, 0.3) is 0 Å². The van der Waals surface area contributed by atoms with E-state index >= 15 is 0 Å². The second-order valence-electron chi connectivity index (χ2n) is 5.88. The van der Waals surface area contributed by atoms with Crippen LogP contribution in [0.2, 0.25) is 0 Å². The summed E-state index contributed by atoms with van der Waals surface area (Å²) in [7, 11) is 1.30. The molecule has 9 heteroatoms. The first kappa shape index (κ1) is 20.8. The fourth-order valence-corrected chi connectivity index (χ4v) is 2.68. The first-order valence-corrected chi connectivity index (χ1v) is 8.26. The Kier molecular flexibility index (Phi) is 7.28. The first-order valence-electron chi connectivity index (χ1n) is 8.26. The summed E-state index contributed by atoms with van der Waals surface area (Å²) in [4.78, 5) is 34.8. The Morgan fingerprint density at radius 2 is 1.63 bits per heavy atom. The Labute approximate surface area is 156 Å². The third-order valence-corrected chi connectivity index (χ3v) is 3.84. The zero-order chi connectivity index (χ0) is 20.0. The van der Waals surface area contributed by atoms with E-state index in [0.29, 0.717) is 5.56 Å². The van der Waals surface area contributed by atoms with Crippen molar-refractivity contribution in [3.63, 3.8) is 0 Å². The molecule has 1 N–H and O–H groups in total. The van der Waals surface area contributed by atoms with Gasteiger partial charge in [-0.3, -0.25) is 9.59 Å². The fourth-order valence-electron chi connectivity index (χ4n) is 2.68. The highest BCUT2D eigenvalue weighted by Crippen LogP contribution is 2.27. The van der Waals surface area contributed by atoms with Crippen molar-refractivity contribution >= 4 is 17.9 Å². The molecule has 1 aromatic carbocycles. The predicted octanol–water partition coefficient (Wildman–Crippen LogP) is 0.439. The van der Waals surface area contributed by atoms with Gasteiger partial charge in [-0.1, -0.05) is 18.2 Å². The highest BCUT2D eigenvalue weighted by Gasteiger charge is 2.50. The lowest BCUT2D eigenvalue weighted by molar-refractivity contribution is -0.299. The highest BCUT2D eigenvalue weighted by atomic mass is 16.7. The molecule has 1 aliphatic rings. The summed E-state index contributed by atoms with van der Waals surface area (Å²) in [6, 6.07) is 8.29. The minimum absolute atomic E-state index is 0.320. The van der Waals surface area contributed by atoms with Gasteiger partial charge in [-0.15, -0.1) is 0 Å². The second kappa shape index (κ2) is 9.45. The van der Waals surface area contributed by atoms with E-state index in [9.17, 15) is 19.5 Å². The molecule has 1 heterocycles. The number of hydrogen-bond acceptors (Lipinski definition) is 9. The normalized spacial score (nSPS) is 27.5. The summed E-state index contributed by atoms with van der Waals surface area (Å²) in [6.45, 7) is 2.00. The molecular formula is C18H22O9. The van der Waals surface area contributed by atoms with E-state index in [0.717, 1.165) is 13.8 Å². The van der Waals surface area contributed by atoms with Crippen LogP contribution in [0.4, 0.5) is 0 Å². The van der Waals surface area contributed by atoms with Gasteiger partial charge in [0, 0.05) is 21.0 Å². The Morgan fingerprint density at radius 1 is 1.04 bits per heavy atom. The van der Waals surface area contributed by atoms with Gasteiger partial charge in [0.2, 0.25) is 0 Å². The van der Waals surface area contributed by atoms with Gasteiger partial charge < -0.3 is 28.8 Å². The molecule has 5 atom stereocenters. The number of methoxy groups -OCH3 is 1. The van der Waals surface area contributed by atoms with Crippen LogP contribution in [0.25, 0.3) is 0 Å². The number of aliphatic hydroxyl groups excluding tert-OH is 1. The van der Waals surface area contributed by atoms with Crippen molar-refractivity contribution in [2.45, 2.75) is 44.6 Å². The summed E-state index contributed by atoms with van der Waals surface area (Å²) < 4.78 is 26.1. The summed E-state index contributed by atoms with van der Waals surface area (Å²) in [5.74, 6) is -1.96. The van der Waals surface area contributed by atoms with Crippen molar-refractivity contribution in [2.75, 3.05) is 13.7 Å². The number of carbonyl (C=O) groups excluding carboxylic acids is 3. The van der Waals surface area contributed by atoms with E-state index in [2.05, 4.69) is 0 Å². The summed E-state index contributed by atoms with van der Waals surface area (Å²) in [5.41, 5.74) is 0.334. The number of rotatable bonds is 6. The number of carbonyl (C=O) groups is 3. The van der Waals surface area contributed by atoms with Gasteiger partial charge in [0.15, 0.2) is 18.5 Å². The average Bonchev–Trinajstić information content (AvgIpc) is 2.64. The topological polar surface area (TPSA) is 118 Å². The Bertz CT molecular complexity index is 660. The van der Waals surface area contributed by atoms with E-state index in [-0.39, 0.29) is 6.61 Å². The quantitative estimate of drug-likeness (QED) is 0.552. The molecule has 148 valence electrons. The first-order chi connectivity index (χ1) is 12.8. The van der Waals surface area contributed by atoms with Gasteiger partial charge in [-0.2, -0.15) is 0 Å². The number of hydrogen-bond donors (Lipinski definition) is 1. The predicted molar refractivity (Wildman–Crippen MR) is 89.5 cm³/mol. The van der Waals surface area contributed by atoms with Crippen molar-refractivity contribution in [1.82, 2.24) is 0 Å². The van der Waals surface area contributed by atoms with Crippen LogP contribution in [0.5, 0.6) is 0 Å². The van der Waals surface area contributed by atoms with E-state index in [1.165, 1.54) is 7.11 Å². The molecule has 1 saturated heterocycles. The van der Waals surface area contributed by atoms with Gasteiger partial charge in [-0.05, 0) is 12.1 Å². The molecule has 1 fully saturated rings. The van der Waals surface area contributed by atoms with Crippen LogP contribution in [0.3, 0.4) is 0 Å². The van der Waals surface area contributed by atoms with Crippen LogP contribution in [0.15, 0.2) is 30.3 Å². The van der Waals surface area contributed by atoms with Gasteiger partial charge in [0.1, 0.15) is 18.8 Å². The fraction of sp³-hybridized carbons (Fsp3) is 0.500. The van der Waals surface area contributed by atoms with Crippen LogP contribution >= 0.6 is 0 Å². The maximum Gasteiger partial charge on any atom is 0.338 e. The molecule has 27 heavy (non-hydrogen) atoms. The largest absolute Gasteiger partial charge is 0.459 e.